The average molecular weight is 284 g/mol. The number of ether oxygens (including phenoxy) is 1. The van der Waals surface area contributed by atoms with Crippen molar-refractivity contribution in [3.05, 3.63) is 35.9 Å². The van der Waals surface area contributed by atoms with Gasteiger partial charge in [0.2, 0.25) is 0 Å². The number of hydrogen-bond acceptors (Lipinski definition) is 3. The maximum absolute atomic E-state index is 12.3. The van der Waals surface area contributed by atoms with Crippen molar-refractivity contribution >= 4 is 10.2 Å². The predicted molar refractivity (Wildman–Crippen MR) is 73.9 cm³/mol. The fourth-order valence-electron chi connectivity index (χ4n) is 2.14. The van der Waals surface area contributed by atoms with Gasteiger partial charge in [0.25, 0.3) is 10.2 Å². The Balaban J connectivity index is 2.22. The Morgan fingerprint density at radius 2 is 1.89 bits per heavy atom. The smallest absolute Gasteiger partial charge is 0.281 e. The molecule has 1 aliphatic rings. The lowest BCUT2D eigenvalue weighted by Crippen LogP contribution is -2.51. The van der Waals surface area contributed by atoms with Gasteiger partial charge in [-0.1, -0.05) is 30.3 Å². The summed E-state index contributed by atoms with van der Waals surface area (Å²) in [7, 11) is -0.302. The van der Waals surface area contributed by atoms with E-state index in [0.717, 1.165) is 5.56 Å². The second-order valence-electron chi connectivity index (χ2n) is 4.94. The van der Waals surface area contributed by atoms with Gasteiger partial charge < -0.3 is 4.74 Å². The maximum atomic E-state index is 12.3. The lowest BCUT2D eigenvalue weighted by atomic mass is 10.1. The molecule has 0 aliphatic carbocycles. The summed E-state index contributed by atoms with van der Waals surface area (Å²) in [5.74, 6) is 0. The van der Waals surface area contributed by atoms with Crippen molar-refractivity contribution < 1.29 is 13.2 Å². The lowest BCUT2D eigenvalue weighted by molar-refractivity contribution is -0.0302. The third kappa shape index (κ3) is 2.97. The van der Waals surface area contributed by atoms with Gasteiger partial charge in [0, 0.05) is 26.7 Å². The first kappa shape index (κ1) is 14.5. The van der Waals surface area contributed by atoms with E-state index in [1.807, 2.05) is 37.3 Å². The van der Waals surface area contributed by atoms with Gasteiger partial charge in [-0.2, -0.15) is 17.0 Å². The zero-order chi connectivity index (χ0) is 14.0. The summed E-state index contributed by atoms with van der Waals surface area (Å²) < 4.78 is 33.0. The van der Waals surface area contributed by atoms with E-state index in [1.165, 1.54) is 8.61 Å². The van der Waals surface area contributed by atoms with Crippen molar-refractivity contribution in [2.24, 2.45) is 0 Å². The molecule has 2 atom stereocenters. The van der Waals surface area contributed by atoms with Crippen LogP contribution in [-0.4, -0.2) is 50.3 Å². The lowest BCUT2D eigenvalue weighted by Gasteiger charge is -2.38. The predicted octanol–water partition coefficient (Wildman–Crippen LogP) is 1.25. The molecule has 0 bridgehead atoms. The third-order valence-electron chi connectivity index (χ3n) is 3.31. The third-order valence-corrected chi connectivity index (χ3v) is 5.33. The first-order valence-corrected chi connectivity index (χ1v) is 7.68. The topological polar surface area (TPSA) is 49.9 Å². The van der Waals surface area contributed by atoms with Crippen molar-refractivity contribution in [2.75, 3.05) is 27.2 Å². The Kier molecular flexibility index (Phi) is 4.25. The minimum absolute atomic E-state index is 0.146. The van der Waals surface area contributed by atoms with E-state index in [1.54, 1.807) is 14.1 Å². The van der Waals surface area contributed by atoms with Gasteiger partial charge in [-0.3, -0.25) is 0 Å². The van der Waals surface area contributed by atoms with E-state index in [-0.39, 0.29) is 12.1 Å². The monoisotopic (exact) mass is 284 g/mol. The molecule has 2 rings (SSSR count). The van der Waals surface area contributed by atoms with Crippen molar-refractivity contribution in [3.63, 3.8) is 0 Å². The van der Waals surface area contributed by atoms with Crippen LogP contribution in [0.25, 0.3) is 0 Å². The number of nitrogens with zero attached hydrogens (tertiary/aromatic N) is 2. The Bertz CT molecular complexity index is 516. The molecule has 6 heteroatoms. The van der Waals surface area contributed by atoms with Crippen LogP contribution >= 0.6 is 0 Å². The van der Waals surface area contributed by atoms with Crippen LogP contribution < -0.4 is 0 Å². The fourth-order valence-corrected chi connectivity index (χ4v) is 3.39. The second kappa shape index (κ2) is 5.58. The molecule has 0 saturated carbocycles. The SMILES string of the molecule is C[C@@H]1CO[C@@H](c2ccccc2)CN1S(=O)(=O)N(C)C. The van der Waals surface area contributed by atoms with Crippen LogP contribution in [0, 0.1) is 0 Å². The molecule has 0 amide bonds. The highest BCUT2D eigenvalue weighted by Gasteiger charge is 2.36. The molecule has 0 aromatic heterocycles. The molecule has 5 nitrogen and oxygen atoms in total. The molecule has 1 aromatic rings. The minimum atomic E-state index is -3.40. The summed E-state index contributed by atoms with van der Waals surface area (Å²) in [4.78, 5) is 0. The Morgan fingerprint density at radius 1 is 1.26 bits per heavy atom. The number of rotatable bonds is 3. The highest BCUT2D eigenvalue weighted by atomic mass is 32.2. The van der Waals surface area contributed by atoms with E-state index in [2.05, 4.69) is 0 Å². The van der Waals surface area contributed by atoms with Gasteiger partial charge in [0.15, 0.2) is 0 Å². The quantitative estimate of drug-likeness (QED) is 0.839. The molecule has 19 heavy (non-hydrogen) atoms. The van der Waals surface area contributed by atoms with Crippen LogP contribution in [0.5, 0.6) is 0 Å². The summed E-state index contributed by atoms with van der Waals surface area (Å²) in [6.07, 6.45) is -0.202. The van der Waals surface area contributed by atoms with Gasteiger partial charge in [-0.25, -0.2) is 0 Å². The van der Waals surface area contributed by atoms with Gasteiger partial charge in [-0.05, 0) is 12.5 Å². The van der Waals surface area contributed by atoms with E-state index >= 15 is 0 Å². The summed E-state index contributed by atoms with van der Waals surface area (Å²) >= 11 is 0. The van der Waals surface area contributed by atoms with Crippen LogP contribution in [0.2, 0.25) is 0 Å². The molecule has 1 aliphatic heterocycles. The van der Waals surface area contributed by atoms with Crippen LogP contribution in [0.4, 0.5) is 0 Å². The van der Waals surface area contributed by atoms with Crippen molar-refractivity contribution in [1.82, 2.24) is 8.61 Å². The van der Waals surface area contributed by atoms with Gasteiger partial charge in [-0.15, -0.1) is 0 Å². The Labute approximate surface area is 115 Å². The van der Waals surface area contributed by atoms with E-state index in [9.17, 15) is 8.42 Å². The summed E-state index contributed by atoms with van der Waals surface area (Å²) in [5, 5.41) is 0. The van der Waals surface area contributed by atoms with Crippen LogP contribution in [-0.2, 0) is 14.9 Å². The number of morpholine rings is 1. The van der Waals surface area contributed by atoms with E-state index in [0.29, 0.717) is 13.2 Å². The van der Waals surface area contributed by atoms with Crippen molar-refractivity contribution in [2.45, 2.75) is 19.1 Å². The van der Waals surface area contributed by atoms with Crippen LogP contribution in [0.3, 0.4) is 0 Å². The van der Waals surface area contributed by atoms with Gasteiger partial charge in [0.05, 0.1) is 12.7 Å². The minimum Gasteiger partial charge on any atom is -0.370 e. The number of benzene rings is 1. The van der Waals surface area contributed by atoms with Gasteiger partial charge >= 0.3 is 0 Å². The molecule has 1 fully saturated rings. The molecule has 1 heterocycles. The van der Waals surface area contributed by atoms with E-state index < -0.39 is 10.2 Å². The molecule has 0 spiro atoms. The van der Waals surface area contributed by atoms with Crippen molar-refractivity contribution in [3.8, 4) is 0 Å². The highest BCUT2D eigenvalue weighted by molar-refractivity contribution is 7.86. The van der Waals surface area contributed by atoms with Crippen LogP contribution in [0.1, 0.15) is 18.6 Å². The molecular formula is C13H20N2O3S. The van der Waals surface area contributed by atoms with E-state index in [4.69, 9.17) is 4.74 Å². The normalized spacial score (nSPS) is 25.7. The van der Waals surface area contributed by atoms with Crippen molar-refractivity contribution in [1.29, 1.82) is 0 Å². The summed E-state index contributed by atoms with van der Waals surface area (Å²) in [6.45, 7) is 2.63. The second-order valence-corrected chi connectivity index (χ2v) is 7.04. The molecule has 1 aromatic carbocycles. The largest absolute Gasteiger partial charge is 0.370 e. The maximum Gasteiger partial charge on any atom is 0.281 e. The average Bonchev–Trinajstić information content (AvgIpc) is 2.40. The number of hydrogen-bond donors (Lipinski definition) is 0. The summed E-state index contributed by atoms with van der Waals surface area (Å²) in [6, 6.07) is 9.57. The molecule has 0 unspecified atom stereocenters. The first-order valence-electron chi connectivity index (χ1n) is 6.28. The molecular weight excluding hydrogens is 264 g/mol. The molecule has 0 N–H and O–H groups in total. The molecule has 1 saturated heterocycles. The molecule has 106 valence electrons. The fraction of sp³-hybridized carbons (Fsp3) is 0.538. The zero-order valence-corrected chi connectivity index (χ0v) is 12.3. The van der Waals surface area contributed by atoms with Crippen LogP contribution in [0.15, 0.2) is 30.3 Å². The first-order chi connectivity index (χ1) is 8.93. The Morgan fingerprint density at radius 3 is 2.47 bits per heavy atom. The standard InChI is InChI=1S/C13H20N2O3S/c1-11-10-18-13(12-7-5-4-6-8-12)9-15(11)19(16,17)14(2)3/h4-8,11,13H,9-10H2,1-3H3/t11-,13-/m1/s1. The van der Waals surface area contributed by atoms with Gasteiger partial charge in [0.1, 0.15) is 0 Å². The zero-order valence-electron chi connectivity index (χ0n) is 11.5. The molecule has 0 radical (unpaired) electrons. The Hall–Kier alpha value is -0.950. The summed E-state index contributed by atoms with van der Waals surface area (Å²) in [5.41, 5.74) is 1.01. The highest BCUT2D eigenvalue weighted by Crippen LogP contribution is 2.27.